The third kappa shape index (κ3) is 1.16. The lowest BCUT2D eigenvalue weighted by Crippen LogP contribution is -2.26. The molecule has 2 bridgehead atoms. The zero-order chi connectivity index (χ0) is 14.1. The summed E-state index contributed by atoms with van der Waals surface area (Å²) in [6.45, 7) is 0. The van der Waals surface area contributed by atoms with Gasteiger partial charge in [0.15, 0.2) is 11.8 Å². The summed E-state index contributed by atoms with van der Waals surface area (Å²) in [4.78, 5) is 2.70. The molecular formula is C18H13NO2. The number of hydrogen-bond acceptors (Lipinski definition) is 2. The van der Waals surface area contributed by atoms with E-state index >= 15 is 0 Å². The van der Waals surface area contributed by atoms with Gasteiger partial charge in [-0.15, -0.1) is 0 Å². The lowest BCUT2D eigenvalue weighted by molar-refractivity contribution is 0.422. The van der Waals surface area contributed by atoms with Crippen LogP contribution in [0.25, 0.3) is 0 Å². The summed E-state index contributed by atoms with van der Waals surface area (Å²) in [5.74, 6) is 0.159. The fourth-order valence-electron chi connectivity index (χ4n) is 4.12. The van der Waals surface area contributed by atoms with Crippen LogP contribution in [0.2, 0.25) is 0 Å². The molecule has 6 rings (SSSR count). The van der Waals surface area contributed by atoms with Gasteiger partial charge in [-0.3, -0.25) is 4.98 Å². The fourth-order valence-corrected chi connectivity index (χ4v) is 4.12. The maximum Gasteiger partial charge on any atom is 0.195 e. The molecular weight excluding hydrogens is 262 g/mol. The summed E-state index contributed by atoms with van der Waals surface area (Å²) < 4.78 is 0. The van der Waals surface area contributed by atoms with Crippen molar-refractivity contribution in [1.82, 2.24) is 4.98 Å². The minimum Gasteiger partial charge on any atom is -0.494 e. The van der Waals surface area contributed by atoms with Gasteiger partial charge >= 0.3 is 0 Å². The van der Waals surface area contributed by atoms with E-state index in [2.05, 4.69) is 29.2 Å². The third-order valence-corrected chi connectivity index (χ3v) is 4.85. The van der Waals surface area contributed by atoms with Gasteiger partial charge in [0.05, 0.1) is 0 Å². The van der Waals surface area contributed by atoms with E-state index in [1.165, 1.54) is 22.3 Å². The summed E-state index contributed by atoms with van der Waals surface area (Å²) in [7, 11) is 0. The largest absolute Gasteiger partial charge is 0.494 e. The zero-order valence-corrected chi connectivity index (χ0v) is 11.2. The predicted molar refractivity (Wildman–Crippen MR) is 78.9 cm³/mol. The van der Waals surface area contributed by atoms with Crippen molar-refractivity contribution in [3.63, 3.8) is 0 Å². The van der Waals surface area contributed by atoms with Gasteiger partial charge in [-0.25, -0.2) is 0 Å². The summed E-state index contributed by atoms with van der Waals surface area (Å²) >= 11 is 0. The Morgan fingerprint density at radius 2 is 0.952 bits per heavy atom. The first-order valence-corrected chi connectivity index (χ1v) is 7.08. The van der Waals surface area contributed by atoms with Crippen molar-refractivity contribution < 1.29 is 10.2 Å². The Hall–Kier alpha value is -2.68. The molecule has 3 heteroatoms. The van der Waals surface area contributed by atoms with Crippen LogP contribution in [0, 0.1) is 0 Å². The molecule has 0 spiro atoms. The van der Waals surface area contributed by atoms with Crippen LogP contribution < -0.4 is 0 Å². The number of hydrogen-bond donors (Lipinski definition) is 3. The second kappa shape index (κ2) is 3.50. The average molecular weight is 275 g/mol. The molecule has 0 saturated carbocycles. The molecule has 3 aromatic rings. The van der Waals surface area contributed by atoms with Crippen molar-refractivity contribution in [2.45, 2.75) is 11.8 Å². The first-order valence-electron chi connectivity index (χ1n) is 7.08. The van der Waals surface area contributed by atoms with Crippen LogP contribution >= 0.6 is 0 Å². The lowest BCUT2D eigenvalue weighted by atomic mass is 9.62. The molecule has 0 saturated heterocycles. The highest BCUT2D eigenvalue weighted by molar-refractivity contribution is 5.71. The molecule has 0 amide bonds. The standard InChI is InChI=1S/C18H13NO2/c20-17-15-13-9-5-1-2-6-10(9)14(16(15)18(21)19-17)12-8-4-3-7-11(12)13/h1-8,13-14,19-21H. The van der Waals surface area contributed by atoms with E-state index in [0.717, 1.165) is 11.1 Å². The molecule has 0 radical (unpaired) electrons. The molecule has 3 N–H and O–H groups in total. The highest BCUT2D eigenvalue weighted by atomic mass is 16.3. The molecule has 1 aromatic heterocycles. The Kier molecular flexibility index (Phi) is 1.84. The molecule has 3 aliphatic carbocycles. The lowest BCUT2D eigenvalue weighted by Gasteiger charge is -2.40. The highest BCUT2D eigenvalue weighted by Gasteiger charge is 2.45. The topological polar surface area (TPSA) is 56.2 Å². The molecule has 3 nitrogen and oxygen atoms in total. The van der Waals surface area contributed by atoms with Gasteiger partial charge in [-0.05, 0) is 22.3 Å². The van der Waals surface area contributed by atoms with E-state index in [-0.39, 0.29) is 23.6 Å². The number of aromatic hydroxyl groups is 2. The number of benzene rings is 2. The zero-order valence-electron chi connectivity index (χ0n) is 11.2. The molecule has 2 aromatic carbocycles. The molecule has 21 heavy (non-hydrogen) atoms. The van der Waals surface area contributed by atoms with Crippen molar-refractivity contribution in [2.75, 3.05) is 0 Å². The van der Waals surface area contributed by atoms with E-state index in [4.69, 9.17) is 0 Å². The Morgan fingerprint density at radius 1 is 0.619 bits per heavy atom. The van der Waals surface area contributed by atoms with Crippen LogP contribution in [-0.4, -0.2) is 15.2 Å². The van der Waals surface area contributed by atoms with Crippen molar-refractivity contribution in [1.29, 1.82) is 0 Å². The summed E-state index contributed by atoms with van der Waals surface area (Å²) in [5, 5.41) is 20.5. The van der Waals surface area contributed by atoms with Crippen LogP contribution in [-0.2, 0) is 0 Å². The molecule has 0 fully saturated rings. The second-order valence-corrected chi connectivity index (χ2v) is 5.77. The SMILES string of the molecule is Oc1[nH]c(O)c2c1C1c3ccccc3C2c2ccccc21. The van der Waals surface area contributed by atoms with Crippen LogP contribution in [0.5, 0.6) is 11.8 Å². The first kappa shape index (κ1) is 11.0. The summed E-state index contributed by atoms with van der Waals surface area (Å²) in [5.41, 5.74) is 6.56. The van der Waals surface area contributed by atoms with Crippen molar-refractivity contribution in [3.05, 3.63) is 81.9 Å². The number of aromatic nitrogens is 1. The molecule has 0 unspecified atom stereocenters. The van der Waals surface area contributed by atoms with Gasteiger partial charge in [-0.2, -0.15) is 0 Å². The normalized spacial score (nSPS) is 20.8. The van der Waals surface area contributed by atoms with Gasteiger partial charge in [0, 0.05) is 23.0 Å². The Bertz CT molecular complexity index is 776. The Labute approximate surface area is 121 Å². The number of nitrogens with one attached hydrogen (secondary N) is 1. The monoisotopic (exact) mass is 275 g/mol. The van der Waals surface area contributed by atoms with E-state index in [9.17, 15) is 10.2 Å². The van der Waals surface area contributed by atoms with Crippen molar-refractivity contribution >= 4 is 0 Å². The third-order valence-electron chi connectivity index (χ3n) is 4.85. The van der Waals surface area contributed by atoms with Crippen LogP contribution in [0.4, 0.5) is 0 Å². The Balaban J connectivity index is 1.95. The van der Waals surface area contributed by atoms with E-state index in [1.807, 2.05) is 24.3 Å². The maximum atomic E-state index is 10.2. The molecule has 102 valence electrons. The molecule has 3 aliphatic rings. The minimum absolute atomic E-state index is 0.00505. The predicted octanol–water partition coefficient (Wildman–Crippen LogP) is 3.41. The van der Waals surface area contributed by atoms with Gasteiger partial charge in [-0.1, -0.05) is 48.5 Å². The second-order valence-electron chi connectivity index (χ2n) is 5.77. The van der Waals surface area contributed by atoms with Crippen LogP contribution in [0.3, 0.4) is 0 Å². The van der Waals surface area contributed by atoms with Crippen molar-refractivity contribution in [3.8, 4) is 11.8 Å². The summed E-state index contributed by atoms with van der Waals surface area (Å²) in [6, 6.07) is 16.6. The first-order chi connectivity index (χ1) is 10.3. The van der Waals surface area contributed by atoms with Crippen LogP contribution in [0.15, 0.2) is 48.5 Å². The Morgan fingerprint density at radius 3 is 1.29 bits per heavy atom. The minimum atomic E-state index is -0.00505. The van der Waals surface area contributed by atoms with E-state index in [1.54, 1.807) is 0 Å². The van der Waals surface area contributed by atoms with E-state index in [0.29, 0.717) is 0 Å². The summed E-state index contributed by atoms with van der Waals surface area (Å²) in [6.07, 6.45) is 0. The van der Waals surface area contributed by atoms with Gasteiger partial charge in [0.2, 0.25) is 0 Å². The van der Waals surface area contributed by atoms with Crippen LogP contribution in [0.1, 0.15) is 45.2 Å². The van der Waals surface area contributed by atoms with Gasteiger partial charge < -0.3 is 10.2 Å². The molecule has 1 heterocycles. The smallest absolute Gasteiger partial charge is 0.195 e. The maximum absolute atomic E-state index is 10.2. The molecule has 0 aliphatic heterocycles. The fraction of sp³-hybridized carbons (Fsp3) is 0.111. The van der Waals surface area contributed by atoms with Gasteiger partial charge in [0.25, 0.3) is 0 Å². The number of H-pyrrole nitrogens is 1. The highest BCUT2D eigenvalue weighted by Crippen LogP contribution is 2.59. The quantitative estimate of drug-likeness (QED) is 0.405. The number of rotatable bonds is 0. The van der Waals surface area contributed by atoms with E-state index < -0.39 is 0 Å². The molecule has 0 atom stereocenters. The average Bonchev–Trinajstić information content (AvgIpc) is 2.83. The number of aromatic amines is 1. The van der Waals surface area contributed by atoms with Gasteiger partial charge in [0.1, 0.15) is 0 Å². The van der Waals surface area contributed by atoms with Crippen molar-refractivity contribution in [2.24, 2.45) is 0 Å².